The first-order valence-electron chi connectivity index (χ1n) is 31.6. The molecule has 2 aromatic heterocycles. The largest absolute Gasteiger partial charge is 0.455 e. The third kappa shape index (κ3) is 9.34. The highest BCUT2D eigenvalue weighted by molar-refractivity contribution is 6.88. The average molecular weight is 1180 g/mol. The Morgan fingerprint density at radius 2 is 0.667 bits per heavy atom. The van der Waals surface area contributed by atoms with Gasteiger partial charge in [-0.3, -0.25) is 0 Å². The SMILES string of the molecule is CC(C)(C)c1ccc(N(c2ccc(C(C)(C)C)cc2)c2ccc(C3(c4ccc([Si](C)(C)C)cc4)c4cc(N(c5ccccc5)c5ccccc5)c5c(oc6ccccc65)c4-c4c3cc(N(c3ccccc3)c3ccccc3)c3oc5ccccc5c43)cc2)cc1. The highest BCUT2D eigenvalue weighted by Gasteiger charge is 2.51. The van der Waals surface area contributed by atoms with Crippen LogP contribution in [0.5, 0.6) is 0 Å². The van der Waals surface area contributed by atoms with Crippen LogP contribution in [0.4, 0.5) is 51.2 Å². The van der Waals surface area contributed by atoms with Gasteiger partial charge in [-0.15, -0.1) is 0 Å². The van der Waals surface area contributed by atoms with Crippen LogP contribution in [0.15, 0.2) is 288 Å². The molecule has 0 saturated heterocycles. The molecule has 440 valence electrons. The molecular formula is C84H73N3O2Si. The highest BCUT2D eigenvalue weighted by atomic mass is 28.3. The monoisotopic (exact) mass is 1180 g/mol. The first-order chi connectivity index (χ1) is 43.6. The van der Waals surface area contributed by atoms with Crippen LogP contribution in [0.3, 0.4) is 0 Å². The second kappa shape index (κ2) is 21.6. The van der Waals surface area contributed by atoms with E-state index in [1.54, 1.807) is 0 Å². The van der Waals surface area contributed by atoms with Crippen molar-refractivity contribution in [3.63, 3.8) is 0 Å². The van der Waals surface area contributed by atoms with Gasteiger partial charge in [0.05, 0.1) is 30.2 Å². The number of nitrogens with zero attached hydrogens (tertiary/aromatic N) is 3. The fourth-order valence-electron chi connectivity index (χ4n) is 14.0. The van der Waals surface area contributed by atoms with Gasteiger partial charge in [-0.2, -0.15) is 0 Å². The molecule has 1 aliphatic rings. The Morgan fingerprint density at radius 3 is 1.10 bits per heavy atom. The maximum Gasteiger partial charge on any atom is 0.160 e. The van der Waals surface area contributed by atoms with Gasteiger partial charge in [0.1, 0.15) is 16.7 Å². The summed E-state index contributed by atoms with van der Waals surface area (Å²) in [6, 6.07) is 103. The van der Waals surface area contributed by atoms with E-state index in [9.17, 15) is 0 Å². The number of anilines is 9. The number of furan rings is 2. The van der Waals surface area contributed by atoms with Crippen LogP contribution >= 0.6 is 0 Å². The molecule has 0 saturated carbocycles. The van der Waals surface area contributed by atoms with Gasteiger partial charge in [-0.05, 0) is 153 Å². The van der Waals surface area contributed by atoms with Crippen molar-refractivity contribution in [2.45, 2.75) is 77.4 Å². The van der Waals surface area contributed by atoms with Crippen molar-refractivity contribution < 1.29 is 8.83 Å². The second-order valence-corrected chi connectivity index (χ2v) is 32.4. The van der Waals surface area contributed by atoms with Crippen LogP contribution in [-0.2, 0) is 16.2 Å². The summed E-state index contributed by atoms with van der Waals surface area (Å²) in [5, 5.41) is 5.54. The van der Waals surface area contributed by atoms with E-state index in [4.69, 9.17) is 8.83 Å². The molecule has 5 nitrogen and oxygen atoms in total. The van der Waals surface area contributed by atoms with Crippen molar-refractivity contribution in [3.05, 3.63) is 312 Å². The lowest BCUT2D eigenvalue weighted by Gasteiger charge is -2.36. The standard InChI is InChI=1S/C84H73N3O2Si/c1-82(2,3)56-38-46-64(47-39-56)85(65-48-40-57(41-49-65)83(4,5)6)66-50-42-58(43-51-66)84(59-44-52-67(53-45-59)90(7,8)9)70-55-73(87(62-30-18-12-19-31-62)63-32-20-13-21-33-63)80-77(69-35-23-25-37-75(69)88-80)78(70)79-71(84)54-72(76-68-34-22-24-36-74(68)89-81(76)79)86(60-26-14-10-15-27-60)61-28-16-11-17-29-61/h10-55H,1-9H3. The zero-order chi connectivity index (χ0) is 61.7. The van der Waals surface area contributed by atoms with Crippen molar-refractivity contribution in [3.8, 4) is 11.1 Å². The van der Waals surface area contributed by atoms with E-state index in [1.807, 2.05) is 0 Å². The molecule has 6 heteroatoms. The molecule has 0 aliphatic heterocycles. The van der Waals surface area contributed by atoms with E-state index in [-0.39, 0.29) is 10.8 Å². The van der Waals surface area contributed by atoms with E-state index < -0.39 is 13.5 Å². The number of rotatable bonds is 12. The Hall–Kier alpha value is -10.1. The lowest BCUT2D eigenvalue weighted by Crippen LogP contribution is -2.38. The summed E-state index contributed by atoms with van der Waals surface area (Å²) in [7, 11) is -1.81. The Balaban J connectivity index is 1.12. The van der Waals surface area contributed by atoms with Crippen LogP contribution in [0, 0.1) is 0 Å². The minimum atomic E-state index is -1.81. The number of para-hydroxylation sites is 6. The number of hydrogen-bond acceptors (Lipinski definition) is 5. The molecule has 90 heavy (non-hydrogen) atoms. The van der Waals surface area contributed by atoms with Crippen LogP contribution in [0.1, 0.15) is 74.9 Å². The number of hydrogen-bond donors (Lipinski definition) is 0. The summed E-state index contributed by atoms with van der Waals surface area (Å²) in [6.45, 7) is 21.0. The summed E-state index contributed by atoms with van der Waals surface area (Å²) in [5.74, 6) is 0. The Kier molecular flexibility index (Phi) is 13.5. The van der Waals surface area contributed by atoms with Crippen molar-refractivity contribution in [1.29, 1.82) is 0 Å². The van der Waals surface area contributed by atoms with Crippen molar-refractivity contribution in [2.24, 2.45) is 0 Å². The molecule has 1 aliphatic carbocycles. The zero-order valence-electron chi connectivity index (χ0n) is 52.7. The summed E-state index contributed by atoms with van der Waals surface area (Å²) in [6.07, 6.45) is 0. The fourth-order valence-corrected chi connectivity index (χ4v) is 15.2. The molecule has 1 unspecified atom stereocenters. The summed E-state index contributed by atoms with van der Waals surface area (Å²) >= 11 is 0. The van der Waals surface area contributed by atoms with E-state index in [1.165, 1.54) is 16.3 Å². The maximum atomic E-state index is 7.64. The smallest absolute Gasteiger partial charge is 0.160 e. The first-order valence-corrected chi connectivity index (χ1v) is 35.1. The van der Waals surface area contributed by atoms with Gasteiger partial charge in [-0.25, -0.2) is 0 Å². The summed E-state index contributed by atoms with van der Waals surface area (Å²) in [4.78, 5) is 7.24. The van der Waals surface area contributed by atoms with Crippen molar-refractivity contribution >= 4 is 108 Å². The molecule has 0 radical (unpaired) electrons. The van der Waals surface area contributed by atoms with Crippen LogP contribution in [0.25, 0.3) is 55.0 Å². The number of benzene rings is 12. The predicted molar refractivity (Wildman–Crippen MR) is 383 cm³/mol. The number of fused-ring (bicyclic) bond motifs is 11. The normalized spacial score (nSPS) is 14.1. The molecular weight excluding hydrogens is 1110 g/mol. The molecule has 0 N–H and O–H groups in total. The van der Waals surface area contributed by atoms with Crippen molar-refractivity contribution in [2.75, 3.05) is 14.7 Å². The van der Waals surface area contributed by atoms with Crippen LogP contribution in [0.2, 0.25) is 19.6 Å². The summed E-state index contributed by atoms with van der Waals surface area (Å²) in [5.41, 5.74) is 20.8. The topological polar surface area (TPSA) is 36.0 Å². The fraction of sp³-hybridized carbons (Fsp3) is 0.143. The quantitative estimate of drug-likeness (QED) is 0.114. The van der Waals surface area contributed by atoms with Crippen LogP contribution < -0.4 is 19.9 Å². The van der Waals surface area contributed by atoms with Gasteiger partial charge in [0.25, 0.3) is 0 Å². The van der Waals surface area contributed by atoms with Gasteiger partial charge in [-0.1, -0.05) is 236 Å². The molecule has 12 aromatic carbocycles. The molecule has 15 rings (SSSR count). The Bertz CT molecular complexity index is 4820. The molecule has 0 fully saturated rings. The molecule has 1 atom stereocenters. The molecule has 0 amide bonds. The maximum absolute atomic E-state index is 7.64. The second-order valence-electron chi connectivity index (χ2n) is 27.3. The van der Waals surface area contributed by atoms with Gasteiger partial charge in [0, 0.05) is 67.1 Å². The first kappa shape index (κ1) is 56.4. The van der Waals surface area contributed by atoms with E-state index in [0.29, 0.717) is 0 Å². The molecule has 0 spiro atoms. The van der Waals surface area contributed by atoms with Gasteiger partial charge in [0.15, 0.2) is 5.58 Å². The van der Waals surface area contributed by atoms with E-state index in [0.717, 1.165) is 128 Å². The van der Waals surface area contributed by atoms with E-state index >= 15 is 0 Å². The van der Waals surface area contributed by atoms with Gasteiger partial charge >= 0.3 is 0 Å². The molecule has 14 aromatic rings. The van der Waals surface area contributed by atoms with Crippen molar-refractivity contribution in [1.82, 2.24) is 0 Å². The summed E-state index contributed by atoms with van der Waals surface area (Å²) < 4.78 is 15.1. The molecule has 2 heterocycles. The third-order valence-electron chi connectivity index (χ3n) is 18.6. The van der Waals surface area contributed by atoms with Gasteiger partial charge in [0.2, 0.25) is 0 Å². The molecule has 0 bridgehead atoms. The highest BCUT2D eigenvalue weighted by Crippen LogP contribution is 2.65. The van der Waals surface area contributed by atoms with E-state index in [2.05, 4.69) is 355 Å². The van der Waals surface area contributed by atoms with Crippen LogP contribution in [-0.4, -0.2) is 8.07 Å². The van der Waals surface area contributed by atoms with Gasteiger partial charge < -0.3 is 23.5 Å². The lowest BCUT2D eigenvalue weighted by atomic mass is 9.67. The average Bonchev–Trinajstić information content (AvgIpc) is 1.50. The third-order valence-corrected chi connectivity index (χ3v) is 20.6. The Labute approximate surface area is 529 Å². The lowest BCUT2D eigenvalue weighted by molar-refractivity contribution is 0.590. The Morgan fingerprint density at radius 1 is 0.322 bits per heavy atom. The minimum absolute atomic E-state index is 0.00470. The predicted octanol–water partition coefficient (Wildman–Crippen LogP) is 23.4. The minimum Gasteiger partial charge on any atom is -0.455 e. The zero-order valence-corrected chi connectivity index (χ0v) is 53.7.